The molecule has 0 spiro atoms. The predicted molar refractivity (Wildman–Crippen MR) is 117 cm³/mol. The molecule has 1 aliphatic heterocycles. The van der Waals surface area contributed by atoms with Crippen LogP contribution in [0.5, 0.6) is 0 Å². The molecule has 0 saturated heterocycles. The van der Waals surface area contributed by atoms with Crippen LogP contribution in [0, 0.1) is 0 Å². The number of rotatable bonds is 4. The van der Waals surface area contributed by atoms with Crippen molar-refractivity contribution in [2.24, 2.45) is 0 Å². The Morgan fingerprint density at radius 1 is 0.643 bits per heavy atom. The van der Waals surface area contributed by atoms with Crippen molar-refractivity contribution in [3.8, 4) is 0 Å². The zero-order valence-corrected chi connectivity index (χ0v) is 17.3. The zero-order chi connectivity index (χ0) is 19.8. The average Bonchev–Trinajstić information content (AvgIpc) is 2.99. The van der Waals surface area contributed by atoms with E-state index in [0.29, 0.717) is 11.8 Å². The minimum atomic E-state index is 0.0854. The molecule has 0 N–H and O–H groups in total. The van der Waals surface area contributed by atoms with E-state index in [1.54, 1.807) is 0 Å². The molecule has 0 radical (unpaired) electrons. The highest BCUT2D eigenvalue weighted by Gasteiger charge is 2.38. The minimum Gasteiger partial charge on any atom is -0.302 e. The summed E-state index contributed by atoms with van der Waals surface area (Å²) in [6.45, 7) is 11.0. The topological polar surface area (TPSA) is 32.3 Å². The van der Waals surface area contributed by atoms with Gasteiger partial charge in [0.05, 0.1) is 11.4 Å². The summed E-state index contributed by atoms with van der Waals surface area (Å²) in [6, 6.07) is 21.0. The smallest absolute Gasteiger partial charge is 0.178 e. The van der Waals surface area contributed by atoms with Gasteiger partial charge in [-0.2, -0.15) is 0 Å². The molecule has 4 nitrogen and oxygen atoms in total. The summed E-state index contributed by atoms with van der Waals surface area (Å²) < 4.78 is 0. The molecular formula is C24H28N4. The van der Waals surface area contributed by atoms with E-state index in [4.69, 9.17) is 9.97 Å². The Morgan fingerprint density at radius 3 is 1.32 bits per heavy atom. The van der Waals surface area contributed by atoms with E-state index in [0.717, 1.165) is 34.4 Å². The lowest BCUT2D eigenvalue weighted by Gasteiger charge is -2.29. The van der Waals surface area contributed by atoms with Gasteiger partial charge in [-0.15, -0.1) is 0 Å². The molecule has 2 aromatic carbocycles. The Balaban J connectivity index is 1.96. The molecule has 1 aliphatic rings. The number of fused-ring (bicyclic) bond motifs is 1. The molecule has 0 saturated carbocycles. The van der Waals surface area contributed by atoms with Crippen LogP contribution in [0.3, 0.4) is 0 Å². The number of hydrogen-bond acceptors (Lipinski definition) is 4. The SMILES string of the molecule is CC(C)c1nc2c(nc1C(C)C)N(c1ccccc1)C(C)N2c1ccccc1. The van der Waals surface area contributed by atoms with Crippen LogP contribution < -0.4 is 9.80 Å². The van der Waals surface area contributed by atoms with Crippen LogP contribution in [0.1, 0.15) is 57.8 Å². The van der Waals surface area contributed by atoms with Crippen molar-refractivity contribution >= 4 is 23.0 Å². The van der Waals surface area contributed by atoms with Crippen LogP contribution >= 0.6 is 0 Å². The van der Waals surface area contributed by atoms with Crippen LogP contribution in [0.2, 0.25) is 0 Å². The third-order valence-electron chi connectivity index (χ3n) is 5.28. The van der Waals surface area contributed by atoms with Gasteiger partial charge >= 0.3 is 0 Å². The number of aromatic nitrogens is 2. The average molecular weight is 373 g/mol. The first-order chi connectivity index (χ1) is 13.5. The lowest BCUT2D eigenvalue weighted by molar-refractivity contribution is 0.729. The van der Waals surface area contributed by atoms with Gasteiger partial charge in [0.15, 0.2) is 11.6 Å². The standard InChI is InChI=1S/C24H28N4/c1-16(2)21-22(17(3)4)26-24-23(25-21)27(19-12-8-6-9-13-19)18(5)28(24)20-14-10-7-11-15-20/h6-18H,1-5H3. The summed E-state index contributed by atoms with van der Waals surface area (Å²) in [4.78, 5) is 15.0. The summed E-state index contributed by atoms with van der Waals surface area (Å²) in [5.41, 5.74) is 4.46. The van der Waals surface area contributed by atoms with Crippen molar-refractivity contribution < 1.29 is 0 Å². The molecule has 1 aromatic heterocycles. The van der Waals surface area contributed by atoms with Gasteiger partial charge in [0, 0.05) is 11.4 Å². The van der Waals surface area contributed by atoms with Gasteiger partial charge in [-0.3, -0.25) is 0 Å². The van der Waals surface area contributed by atoms with Crippen molar-refractivity contribution in [3.63, 3.8) is 0 Å². The number of anilines is 4. The number of benzene rings is 2. The Morgan fingerprint density at radius 2 is 1.00 bits per heavy atom. The number of para-hydroxylation sites is 2. The van der Waals surface area contributed by atoms with Gasteiger partial charge in [-0.1, -0.05) is 64.1 Å². The van der Waals surface area contributed by atoms with Crippen molar-refractivity contribution in [2.45, 2.75) is 52.6 Å². The number of nitrogens with zero attached hydrogens (tertiary/aromatic N) is 4. The van der Waals surface area contributed by atoms with Gasteiger partial charge < -0.3 is 9.80 Å². The molecule has 2 heterocycles. The Kier molecular flexibility index (Phi) is 4.80. The lowest BCUT2D eigenvalue weighted by Crippen LogP contribution is -2.35. The molecule has 0 unspecified atom stereocenters. The Bertz CT molecular complexity index is 873. The summed E-state index contributed by atoms with van der Waals surface area (Å²) in [5.74, 6) is 2.54. The summed E-state index contributed by atoms with van der Waals surface area (Å²) in [7, 11) is 0. The maximum atomic E-state index is 5.18. The van der Waals surface area contributed by atoms with Crippen molar-refractivity contribution in [2.75, 3.05) is 9.80 Å². The maximum absolute atomic E-state index is 5.18. The first-order valence-corrected chi connectivity index (χ1v) is 10.1. The first-order valence-electron chi connectivity index (χ1n) is 10.1. The van der Waals surface area contributed by atoms with Crippen LogP contribution in [0.15, 0.2) is 60.7 Å². The monoisotopic (exact) mass is 372 g/mol. The quantitative estimate of drug-likeness (QED) is 0.533. The summed E-state index contributed by atoms with van der Waals surface area (Å²) in [5, 5.41) is 0. The third-order valence-corrected chi connectivity index (χ3v) is 5.28. The fourth-order valence-electron chi connectivity index (χ4n) is 3.94. The molecule has 4 rings (SSSR count). The van der Waals surface area contributed by atoms with E-state index >= 15 is 0 Å². The largest absolute Gasteiger partial charge is 0.302 e. The molecule has 28 heavy (non-hydrogen) atoms. The van der Waals surface area contributed by atoms with Crippen molar-refractivity contribution in [3.05, 3.63) is 72.1 Å². The Hall–Kier alpha value is -2.88. The molecular weight excluding hydrogens is 344 g/mol. The van der Waals surface area contributed by atoms with Crippen molar-refractivity contribution in [1.29, 1.82) is 0 Å². The van der Waals surface area contributed by atoms with E-state index < -0.39 is 0 Å². The van der Waals surface area contributed by atoms with Gasteiger partial charge in [0.25, 0.3) is 0 Å². The molecule has 0 fully saturated rings. The van der Waals surface area contributed by atoms with Crippen molar-refractivity contribution in [1.82, 2.24) is 9.97 Å². The second-order valence-corrected chi connectivity index (χ2v) is 7.99. The molecule has 0 aliphatic carbocycles. The van der Waals surface area contributed by atoms with E-state index in [1.165, 1.54) is 0 Å². The highest BCUT2D eigenvalue weighted by atomic mass is 15.5. The van der Waals surface area contributed by atoms with Crippen LogP contribution in [-0.4, -0.2) is 16.1 Å². The van der Waals surface area contributed by atoms with E-state index in [9.17, 15) is 0 Å². The van der Waals surface area contributed by atoms with Gasteiger partial charge in [0.1, 0.15) is 6.17 Å². The number of hydrogen-bond donors (Lipinski definition) is 0. The van der Waals surface area contributed by atoms with Gasteiger partial charge in [0.2, 0.25) is 0 Å². The van der Waals surface area contributed by atoms with Crippen LogP contribution in [0.4, 0.5) is 23.0 Å². The summed E-state index contributed by atoms with van der Waals surface area (Å²) >= 11 is 0. The third kappa shape index (κ3) is 3.03. The molecule has 0 bridgehead atoms. The lowest BCUT2D eigenvalue weighted by atomic mass is 10.0. The van der Waals surface area contributed by atoms with E-state index in [-0.39, 0.29) is 6.17 Å². The van der Waals surface area contributed by atoms with E-state index in [2.05, 4.69) is 92.9 Å². The highest BCUT2D eigenvalue weighted by Crippen LogP contribution is 2.46. The second kappa shape index (κ2) is 7.27. The predicted octanol–water partition coefficient (Wildman–Crippen LogP) is 6.36. The molecule has 3 aromatic rings. The van der Waals surface area contributed by atoms with Gasteiger partial charge in [-0.25, -0.2) is 9.97 Å². The maximum Gasteiger partial charge on any atom is 0.178 e. The summed E-state index contributed by atoms with van der Waals surface area (Å²) in [6.07, 6.45) is 0.0854. The zero-order valence-electron chi connectivity index (χ0n) is 17.3. The Labute approximate surface area is 167 Å². The fraction of sp³-hybridized carbons (Fsp3) is 0.333. The fourth-order valence-corrected chi connectivity index (χ4v) is 3.94. The normalized spacial score (nSPS) is 14.2. The molecule has 4 heteroatoms. The minimum absolute atomic E-state index is 0.0854. The highest BCUT2D eigenvalue weighted by molar-refractivity contribution is 5.83. The van der Waals surface area contributed by atoms with E-state index in [1.807, 2.05) is 12.1 Å². The molecule has 144 valence electrons. The van der Waals surface area contributed by atoms with Gasteiger partial charge in [-0.05, 0) is 43.0 Å². The molecule has 0 amide bonds. The second-order valence-electron chi connectivity index (χ2n) is 7.99. The first kappa shape index (κ1) is 18.5. The van der Waals surface area contributed by atoms with Crippen LogP contribution in [0.25, 0.3) is 0 Å². The van der Waals surface area contributed by atoms with Crippen LogP contribution in [-0.2, 0) is 0 Å². The molecule has 0 atom stereocenters.